The fourth-order valence-electron chi connectivity index (χ4n) is 2.77. The largest absolute Gasteiger partial charge is 0.324 e. The maximum Gasteiger partial charge on any atom is 0.248 e. The number of amides is 2. The van der Waals surface area contributed by atoms with Crippen LogP contribution in [0.4, 0.5) is 5.69 Å². The molecule has 1 N–H and O–H groups in total. The minimum atomic E-state index is -0.379. The van der Waals surface area contributed by atoms with Crippen LogP contribution in [-0.4, -0.2) is 33.4 Å². The van der Waals surface area contributed by atoms with Crippen LogP contribution in [-0.2, 0) is 9.59 Å². The van der Waals surface area contributed by atoms with Crippen LogP contribution in [0, 0.1) is 0 Å². The Morgan fingerprint density at radius 1 is 1.45 bits per heavy atom. The molecule has 2 amide bonds. The van der Waals surface area contributed by atoms with Crippen LogP contribution in [0.15, 0.2) is 24.3 Å². The van der Waals surface area contributed by atoms with Crippen molar-refractivity contribution in [3.8, 4) is 0 Å². The molecule has 2 heterocycles. The van der Waals surface area contributed by atoms with Gasteiger partial charge in [0.25, 0.3) is 0 Å². The van der Waals surface area contributed by atoms with E-state index in [0.29, 0.717) is 22.9 Å². The minimum absolute atomic E-state index is 0.0776. The summed E-state index contributed by atoms with van der Waals surface area (Å²) >= 11 is 7.51. The van der Waals surface area contributed by atoms with Gasteiger partial charge >= 0.3 is 0 Å². The van der Waals surface area contributed by atoms with E-state index < -0.39 is 0 Å². The molecule has 0 bridgehead atoms. The number of halogens is 1. The number of nitrogens with one attached hydrogen (secondary N) is 1. The summed E-state index contributed by atoms with van der Waals surface area (Å²) in [5.41, 5.74) is 0.699. The van der Waals surface area contributed by atoms with Gasteiger partial charge in [-0.2, -0.15) is 0 Å². The lowest BCUT2D eigenvalue weighted by Crippen LogP contribution is -2.48. The Hall–Kier alpha value is -1.20. The van der Waals surface area contributed by atoms with Crippen LogP contribution in [0.5, 0.6) is 0 Å². The van der Waals surface area contributed by atoms with Gasteiger partial charge in [0.2, 0.25) is 11.8 Å². The molecule has 20 heavy (non-hydrogen) atoms. The average molecular weight is 311 g/mol. The first-order valence-corrected chi connectivity index (χ1v) is 7.88. The van der Waals surface area contributed by atoms with E-state index in [1.165, 1.54) is 0 Å². The van der Waals surface area contributed by atoms with Crippen molar-refractivity contribution in [3.05, 3.63) is 29.3 Å². The number of hydrogen-bond acceptors (Lipinski definition) is 3. The summed E-state index contributed by atoms with van der Waals surface area (Å²) in [5, 5.41) is 3.48. The molecule has 3 rings (SSSR count). The van der Waals surface area contributed by atoms with Crippen molar-refractivity contribution in [3.63, 3.8) is 0 Å². The van der Waals surface area contributed by atoms with E-state index in [4.69, 9.17) is 11.6 Å². The lowest BCUT2D eigenvalue weighted by atomic mass is 10.2. The number of fused-ring (bicyclic) bond motifs is 1. The maximum atomic E-state index is 12.4. The van der Waals surface area contributed by atoms with E-state index in [9.17, 15) is 9.59 Å². The Bertz CT molecular complexity index is 563. The van der Waals surface area contributed by atoms with Gasteiger partial charge in [0.05, 0.1) is 4.87 Å². The van der Waals surface area contributed by atoms with E-state index in [2.05, 4.69) is 5.32 Å². The molecular formula is C14H15ClN2O2S. The van der Waals surface area contributed by atoms with Crippen LogP contribution in [0.1, 0.15) is 19.8 Å². The molecule has 2 aliphatic rings. The second-order valence-electron chi connectivity index (χ2n) is 5.26. The number of benzene rings is 1. The van der Waals surface area contributed by atoms with Crippen molar-refractivity contribution in [2.75, 3.05) is 11.1 Å². The van der Waals surface area contributed by atoms with E-state index in [-0.39, 0.29) is 22.7 Å². The Balaban J connectivity index is 1.75. The van der Waals surface area contributed by atoms with Gasteiger partial charge < -0.3 is 10.2 Å². The number of hydrogen-bond donors (Lipinski definition) is 1. The summed E-state index contributed by atoms with van der Waals surface area (Å²) in [4.78, 5) is 25.9. The molecule has 106 valence electrons. The summed E-state index contributed by atoms with van der Waals surface area (Å²) in [6.07, 6.45) is 1.36. The zero-order valence-corrected chi connectivity index (χ0v) is 12.6. The van der Waals surface area contributed by atoms with Crippen molar-refractivity contribution in [2.24, 2.45) is 0 Å². The summed E-state index contributed by atoms with van der Waals surface area (Å²) < 4.78 is 0. The SMILES string of the molecule is C[C@@]12CCC(=O)N1[C@H](C(=O)Nc1ccc(Cl)cc1)CS2. The molecule has 0 radical (unpaired) electrons. The van der Waals surface area contributed by atoms with Crippen LogP contribution < -0.4 is 5.32 Å². The first kappa shape index (κ1) is 13.8. The second-order valence-corrected chi connectivity index (χ2v) is 7.20. The van der Waals surface area contributed by atoms with Gasteiger partial charge in [0.15, 0.2) is 0 Å². The predicted octanol–water partition coefficient (Wildman–Crippen LogP) is 2.73. The maximum absolute atomic E-state index is 12.4. The lowest BCUT2D eigenvalue weighted by Gasteiger charge is -2.29. The number of anilines is 1. The molecule has 0 unspecified atom stereocenters. The Labute approximate surface area is 126 Å². The van der Waals surface area contributed by atoms with Crippen molar-refractivity contribution in [1.29, 1.82) is 0 Å². The van der Waals surface area contributed by atoms with Crippen LogP contribution >= 0.6 is 23.4 Å². The first-order valence-electron chi connectivity index (χ1n) is 6.52. The number of nitrogens with zero attached hydrogens (tertiary/aromatic N) is 1. The number of carbonyl (C=O) groups is 2. The van der Waals surface area contributed by atoms with Crippen molar-refractivity contribution < 1.29 is 9.59 Å². The zero-order valence-electron chi connectivity index (χ0n) is 11.1. The molecule has 2 saturated heterocycles. The van der Waals surface area contributed by atoms with Crippen LogP contribution in [0.3, 0.4) is 0 Å². The monoisotopic (exact) mass is 310 g/mol. The third-order valence-corrected chi connectivity index (χ3v) is 5.62. The Morgan fingerprint density at radius 2 is 2.15 bits per heavy atom. The zero-order chi connectivity index (χ0) is 14.3. The van der Waals surface area contributed by atoms with Gasteiger partial charge in [-0.25, -0.2) is 0 Å². The molecule has 2 atom stereocenters. The van der Waals surface area contributed by atoms with Gasteiger partial charge in [-0.1, -0.05) is 11.6 Å². The molecule has 0 aromatic heterocycles. The van der Waals surface area contributed by atoms with Crippen molar-refractivity contribution in [1.82, 2.24) is 4.90 Å². The van der Waals surface area contributed by atoms with Gasteiger partial charge in [-0.05, 0) is 37.6 Å². The van der Waals surface area contributed by atoms with E-state index in [0.717, 1.165) is 6.42 Å². The minimum Gasteiger partial charge on any atom is -0.324 e. The Morgan fingerprint density at radius 3 is 2.85 bits per heavy atom. The van der Waals surface area contributed by atoms with Crippen molar-refractivity contribution in [2.45, 2.75) is 30.7 Å². The smallest absolute Gasteiger partial charge is 0.248 e. The van der Waals surface area contributed by atoms with Crippen LogP contribution in [0.25, 0.3) is 0 Å². The van der Waals surface area contributed by atoms with Gasteiger partial charge in [-0.15, -0.1) is 11.8 Å². The van der Waals surface area contributed by atoms with Crippen LogP contribution in [0.2, 0.25) is 5.02 Å². The van der Waals surface area contributed by atoms with E-state index in [1.807, 2.05) is 6.92 Å². The highest BCUT2D eigenvalue weighted by molar-refractivity contribution is 8.01. The standard InChI is InChI=1S/C14H15ClN2O2S/c1-14-7-6-12(18)17(14)11(8-20-14)13(19)16-10-4-2-9(15)3-5-10/h2-5,11H,6-8H2,1H3,(H,16,19)/t11-,14+/m0/s1. The molecule has 0 spiro atoms. The summed E-state index contributed by atoms with van der Waals surface area (Å²) in [6, 6.07) is 6.59. The fraction of sp³-hybridized carbons (Fsp3) is 0.429. The van der Waals surface area contributed by atoms with E-state index in [1.54, 1.807) is 40.9 Å². The second kappa shape index (κ2) is 4.97. The number of carbonyl (C=O) groups excluding carboxylic acids is 2. The van der Waals surface area contributed by atoms with Crippen molar-refractivity contribution >= 4 is 40.9 Å². The van der Waals surface area contributed by atoms with E-state index >= 15 is 0 Å². The fourth-order valence-corrected chi connectivity index (χ4v) is 4.33. The summed E-state index contributed by atoms with van der Waals surface area (Å²) in [7, 11) is 0. The molecule has 1 aromatic rings. The number of rotatable bonds is 2. The molecule has 0 saturated carbocycles. The topological polar surface area (TPSA) is 49.4 Å². The molecular weight excluding hydrogens is 296 g/mol. The summed E-state index contributed by atoms with van der Waals surface area (Å²) in [5.74, 6) is 0.606. The molecule has 2 aliphatic heterocycles. The summed E-state index contributed by atoms with van der Waals surface area (Å²) in [6.45, 7) is 2.04. The van der Waals surface area contributed by atoms with Gasteiger partial charge in [0.1, 0.15) is 6.04 Å². The van der Waals surface area contributed by atoms with Gasteiger partial charge in [-0.3, -0.25) is 9.59 Å². The first-order chi connectivity index (χ1) is 9.49. The Kier molecular flexibility index (Phi) is 3.42. The molecule has 6 heteroatoms. The molecule has 0 aliphatic carbocycles. The molecule has 1 aromatic carbocycles. The molecule has 2 fully saturated rings. The normalized spacial score (nSPS) is 28.6. The highest BCUT2D eigenvalue weighted by Crippen LogP contribution is 2.47. The third kappa shape index (κ3) is 2.29. The van der Waals surface area contributed by atoms with Gasteiger partial charge in [0, 0.05) is 22.9 Å². The highest BCUT2D eigenvalue weighted by atomic mass is 35.5. The highest BCUT2D eigenvalue weighted by Gasteiger charge is 2.52. The average Bonchev–Trinajstić information content (AvgIpc) is 2.90. The lowest BCUT2D eigenvalue weighted by molar-refractivity contribution is -0.135. The third-order valence-electron chi connectivity index (χ3n) is 3.86. The quantitative estimate of drug-likeness (QED) is 0.914. The number of thioether (sulfide) groups is 1. The molecule has 4 nitrogen and oxygen atoms in total. The predicted molar refractivity (Wildman–Crippen MR) is 80.8 cm³/mol.